The zero-order valence-corrected chi connectivity index (χ0v) is 8.90. The molecule has 4 heteroatoms. The molecule has 0 aromatic carbocycles. The SMILES string of the molecule is CCN(CC(F)(F)CNC)C(C)C. The van der Waals surface area contributed by atoms with E-state index in [2.05, 4.69) is 5.32 Å². The first-order valence-corrected chi connectivity index (χ1v) is 4.69. The number of alkyl halides is 2. The van der Waals surface area contributed by atoms with Gasteiger partial charge in [0.2, 0.25) is 0 Å². The summed E-state index contributed by atoms with van der Waals surface area (Å²) in [6.07, 6.45) is 0. The van der Waals surface area contributed by atoms with Crippen molar-refractivity contribution in [3.63, 3.8) is 0 Å². The van der Waals surface area contributed by atoms with Crippen molar-refractivity contribution < 1.29 is 8.78 Å². The van der Waals surface area contributed by atoms with Gasteiger partial charge in [-0.15, -0.1) is 0 Å². The Labute approximate surface area is 79.3 Å². The van der Waals surface area contributed by atoms with Gasteiger partial charge in [0.05, 0.1) is 13.1 Å². The molecule has 80 valence electrons. The summed E-state index contributed by atoms with van der Waals surface area (Å²) >= 11 is 0. The van der Waals surface area contributed by atoms with Gasteiger partial charge in [0.25, 0.3) is 5.92 Å². The first-order valence-electron chi connectivity index (χ1n) is 4.69. The van der Waals surface area contributed by atoms with Crippen LogP contribution in [-0.4, -0.2) is 43.5 Å². The molecule has 0 aromatic rings. The largest absolute Gasteiger partial charge is 0.314 e. The Hall–Kier alpha value is -0.220. The van der Waals surface area contributed by atoms with Crippen LogP contribution in [0.2, 0.25) is 0 Å². The number of nitrogens with one attached hydrogen (secondary N) is 1. The normalized spacial score (nSPS) is 12.9. The fourth-order valence-corrected chi connectivity index (χ4v) is 1.27. The maximum atomic E-state index is 13.1. The van der Waals surface area contributed by atoms with Crippen LogP contribution in [0.5, 0.6) is 0 Å². The molecule has 13 heavy (non-hydrogen) atoms. The predicted molar refractivity (Wildman–Crippen MR) is 51.3 cm³/mol. The molecule has 0 unspecified atom stereocenters. The van der Waals surface area contributed by atoms with Crippen LogP contribution in [0.25, 0.3) is 0 Å². The maximum Gasteiger partial charge on any atom is 0.272 e. The summed E-state index contributed by atoms with van der Waals surface area (Å²) in [6, 6.07) is 0.174. The molecule has 0 aliphatic rings. The van der Waals surface area contributed by atoms with E-state index in [0.717, 1.165) is 0 Å². The molecular weight excluding hydrogens is 174 g/mol. The summed E-state index contributed by atoms with van der Waals surface area (Å²) in [7, 11) is 1.54. The molecule has 1 N–H and O–H groups in total. The molecule has 0 amide bonds. The third-order valence-corrected chi connectivity index (χ3v) is 2.01. The third kappa shape index (κ3) is 5.16. The Balaban J connectivity index is 4.05. The van der Waals surface area contributed by atoms with Crippen LogP contribution in [0.15, 0.2) is 0 Å². The zero-order valence-electron chi connectivity index (χ0n) is 8.90. The smallest absolute Gasteiger partial charge is 0.272 e. The standard InChI is InChI=1S/C9H20F2N2/c1-5-13(8(2)3)7-9(10,11)6-12-4/h8,12H,5-7H2,1-4H3. The van der Waals surface area contributed by atoms with E-state index in [1.165, 1.54) is 0 Å². The van der Waals surface area contributed by atoms with E-state index in [-0.39, 0.29) is 19.1 Å². The van der Waals surface area contributed by atoms with Gasteiger partial charge in [0.15, 0.2) is 0 Å². The number of hydrogen-bond acceptors (Lipinski definition) is 2. The van der Waals surface area contributed by atoms with E-state index in [0.29, 0.717) is 6.54 Å². The lowest BCUT2D eigenvalue weighted by Crippen LogP contribution is -2.45. The van der Waals surface area contributed by atoms with Crippen molar-refractivity contribution >= 4 is 0 Å². The average molecular weight is 194 g/mol. The van der Waals surface area contributed by atoms with Crippen LogP contribution >= 0.6 is 0 Å². The molecule has 0 rings (SSSR count). The summed E-state index contributed by atoms with van der Waals surface area (Å²) in [5.74, 6) is -2.63. The second-order valence-corrected chi connectivity index (χ2v) is 3.54. The Bertz CT molecular complexity index is 138. The van der Waals surface area contributed by atoms with E-state index in [1.807, 2.05) is 20.8 Å². The number of nitrogens with zero attached hydrogens (tertiary/aromatic N) is 1. The number of halogens is 2. The molecule has 0 aliphatic heterocycles. The quantitative estimate of drug-likeness (QED) is 0.690. The first kappa shape index (κ1) is 12.8. The van der Waals surface area contributed by atoms with E-state index < -0.39 is 5.92 Å². The highest BCUT2D eigenvalue weighted by Gasteiger charge is 2.30. The molecule has 0 heterocycles. The van der Waals surface area contributed by atoms with Gasteiger partial charge >= 0.3 is 0 Å². The molecule has 0 fully saturated rings. The monoisotopic (exact) mass is 194 g/mol. The van der Waals surface area contributed by atoms with Gasteiger partial charge in [-0.25, -0.2) is 8.78 Å². The molecule has 0 atom stereocenters. The van der Waals surface area contributed by atoms with Gasteiger partial charge < -0.3 is 5.32 Å². The third-order valence-electron chi connectivity index (χ3n) is 2.01. The molecule has 2 nitrogen and oxygen atoms in total. The summed E-state index contributed by atoms with van der Waals surface area (Å²) in [5.41, 5.74) is 0. The van der Waals surface area contributed by atoms with Crippen molar-refractivity contribution in [2.75, 3.05) is 26.7 Å². The maximum absolute atomic E-state index is 13.1. The molecule has 0 radical (unpaired) electrons. The van der Waals surface area contributed by atoms with E-state index in [1.54, 1.807) is 11.9 Å². The van der Waals surface area contributed by atoms with Crippen molar-refractivity contribution in [3.05, 3.63) is 0 Å². The van der Waals surface area contributed by atoms with Gasteiger partial charge in [0.1, 0.15) is 0 Å². The van der Waals surface area contributed by atoms with Crippen molar-refractivity contribution in [2.24, 2.45) is 0 Å². The molecule has 0 spiro atoms. The van der Waals surface area contributed by atoms with Crippen LogP contribution in [0.3, 0.4) is 0 Å². The first-order chi connectivity index (χ1) is 5.93. The topological polar surface area (TPSA) is 15.3 Å². The summed E-state index contributed by atoms with van der Waals surface area (Å²) in [5, 5.41) is 2.50. The highest BCUT2D eigenvalue weighted by Crippen LogP contribution is 2.15. The highest BCUT2D eigenvalue weighted by atomic mass is 19.3. The lowest BCUT2D eigenvalue weighted by Gasteiger charge is -2.29. The lowest BCUT2D eigenvalue weighted by molar-refractivity contribution is -0.0349. The van der Waals surface area contributed by atoms with E-state index in [4.69, 9.17) is 0 Å². The second kappa shape index (κ2) is 5.50. The second-order valence-electron chi connectivity index (χ2n) is 3.54. The Morgan fingerprint density at radius 1 is 1.38 bits per heavy atom. The van der Waals surface area contributed by atoms with Crippen LogP contribution in [0.1, 0.15) is 20.8 Å². The molecular formula is C9H20F2N2. The van der Waals surface area contributed by atoms with Crippen molar-refractivity contribution in [2.45, 2.75) is 32.7 Å². The van der Waals surface area contributed by atoms with Crippen molar-refractivity contribution in [3.8, 4) is 0 Å². The van der Waals surface area contributed by atoms with Gasteiger partial charge in [-0.3, -0.25) is 4.90 Å². The van der Waals surface area contributed by atoms with Crippen LogP contribution in [-0.2, 0) is 0 Å². The van der Waals surface area contributed by atoms with Crippen molar-refractivity contribution in [1.29, 1.82) is 0 Å². The summed E-state index contributed by atoms with van der Waals surface area (Å²) < 4.78 is 26.2. The summed E-state index contributed by atoms with van der Waals surface area (Å²) in [4.78, 5) is 1.76. The number of rotatable bonds is 6. The Kier molecular flexibility index (Phi) is 5.40. The lowest BCUT2D eigenvalue weighted by atomic mass is 10.2. The fourth-order valence-electron chi connectivity index (χ4n) is 1.27. The van der Waals surface area contributed by atoms with Crippen LogP contribution < -0.4 is 5.32 Å². The van der Waals surface area contributed by atoms with Crippen molar-refractivity contribution in [1.82, 2.24) is 10.2 Å². The molecule has 0 aromatic heterocycles. The molecule has 0 saturated carbocycles. The van der Waals surface area contributed by atoms with Crippen LogP contribution in [0, 0.1) is 0 Å². The Morgan fingerprint density at radius 2 is 1.92 bits per heavy atom. The van der Waals surface area contributed by atoms with Gasteiger partial charge in [-0.05, 0) is 27.4 Å². The summed E-state index contributed by atoms with van der Waals surface area (Å²) in [6.45, 7) is 6.00. The minimum absolute atomic E-state index is 0.165. The molecule has 0 saturated heterocycles. The zero-order chi connectivity index (χ0) is 10.5. The minimum atomic E-state index is -2.63. The molecule has 0 bridgehead atoms. The number of hydrogen-bond donors (Lipinski definition) is 1. The van der Waals surface area contributed by atoms with Gasteiger partial charge in [-0.1, -0.05) is 6.92 Å². The Morgan fingerprint density at radius 3 is 2.23 bits per heavy atom. The van der Waals surface area contributed by atoms with Gasteiger partial charge in [0, 0.05) is 6.04 Å². The van der Waals surface area contributed by atoms with E-state index in [9.17, 15) is 8.78 Å². The van der Waals surface area contributed by atoms with Gasteiger partial charge in [-0.2, -0.15) is 0 Å². The minimum Gasteiger partial charge on any atom is -0.314 e. The highest BCUT2D eigenvalue weighted by molar-refractivity contribution is 4.75. The fraction of sp³-hybridized carbons (Fsp3) is 1.00. The average Bonchev–Trinajstić information content (AvgIpc) is 1.99. The van der Waals surface area contributed by atoms with E-state index >= 15 is 0 Å². The van der Waals surface area contributed by atoms with Crippen LogP contribution in [0.4, 0.5) is 8.78 Å². The molecule has 0 aliphatic carbocycles. The predicted octanol–water partition coefficient (Wildman–Crippen LogP) is 1.57.